The maximum Gasteiger partial charge on any atom is 0.297 e. The van der Waals surface area contributed by atoms with Crippen LogP contribution in [0.3, 0.4) is 0 Å². The van der Waals surface area contributed by atoms with E-state index >= 15 is 0 Å². The predicted octanol–water partition coefficient (Wildman–Crippen LogP) is 4.11. The van der Waals surface area contributed by atoms with E-state index in [0.717, 1.165) is 0 Å². The Morgan fingerprint density at radius 1 is 1.19 bits per heavy atom. The molecule has 2 rings (SSSR count). The summed E-state index contributed by atoms with van der Waals surface area (Å²) in [5.41, 5.74) is 1.91. The molecular formula is C11H8Cl2N2O. The molecular weight excluding hydrogens is 247 g/mol. The highest BCUT2D eigenvalue weighted by Crippen LogP contribution is 2.32. The number of carbonyl (C=O) groups is 1. The molecule has 1 aliphatic heterocycles. The molecule has 0 aliphatic carbocycles. The molecule has 1 aromatic rings. The third kappa shape index (κ3) is 1.88. The van der Waals surface area contributed by atoms with Gasteiger partial charge in [0.1, 0.15) is 0 Å². The second-order valence-electron chi connectivity index (χ2n) is 3.31. The first kappa shape index (κ1) is 11.3. The van der Waals surface area contributed by atoms with Crippen molar-refractivity contribution >= 4 is 34.7 Å². The highest BCUT2D eigenvalue weighted by Gasteiger charge is 2.22. The molecule has 0 spiro atoms. The molecule has 16 heavy (non-hydrogen) atoms. The van der Waals surface area contributed by atoms with Crippen molar-refractivity contribution in [3.63, 3.8) is 0 Å². The van der Waals surface area contributed by atoms with Gasteiger partial charge in [-0.2, -0.15) is 5.11 Å². The van der Waals surface area contributed by atoms with Crippen LogP contribution in [0.2, 0.25) is 10.0 Å². The van der Waals surface area contributed by atoms with Crippen LogP contribution in [0.5, 0.6) is 0 Å². The van der Waals surface area contributed by atoms with Gasteiger partial charge in [-0.15, -0.1) is 5.11 Å². The number of azo groups is 1. The monoisotopic (exact) mass is 254 g/mol. The minimum Gasteiger partial charge on any atom is -0.265 e. The second-order valence-corrected chi connectivity index (χ2v) is 4.12. The molecule has 0 aromatic heterocycles. The molecule has 0 atom stereocenters. The lowest BCUT2D eigenvalue weighted by molar-refractivity contribution is -0.112. The zero-order valence-electron chi connectivity index (χ0n) is 8.50. The van der Waals surface area contributed by atoms with Gasteiger partial charge >= 0.3 is 0 Å². The van der Waals surface area contributed by atoms with Crippen LogP contribution in [-0.2, 0) is 4.79 Å². The molecule has 1 heterocycles. The highest BCUT2D eigenvalue weighted by molar-refractivity contribution is 6.42. The molecule has 1 amide bonds. The van der Waals surface area contributed by atoms with Gasteiger partial charge in [0.2, 0.25) is 0 Å². The smallest absolute Gasteiger partial charge is 0.265 e. The summed E-state index contributed by atoms with van der Waals surface area (Å²) in [6, 6.07) is 5.06. The molecule has 1 aliphatic rings. The lowest BCUT2D eigenvalue weighted by Crippen LogP contribution is -1.96. The van der Waals surface area contributed by atoms with E-state index in [1.165, 1.54) is 0 Å². The van der Waals surface area contributed by atoms with Crippen molar-refractivity contribution in [1.29, 1.82) is 0 Å². The topological polar surface area (TPSA) is 41.8 Å². The summed E-state index contributed by atoms with van der Waals surface area (Å²) in [4.78, 5) is 11.5. The highest BCUT2D eigenvalue weighted by atomic mass is 35.5. The van der Waals surface area contributed by atoms with Crippen molar-refractivity contribution in [3.8, 4) is 0 Å². The number of benzene rings is 1. The molecule has 5 heteroatoms. The van der Waals surface area contributed by atoms with E-state index in [1.54, 1.807) is 18.2 Å². The van der Waals surface area contributed by atoms with Crippen molar-refractivity contribution in [1.82, 2.24) is 0 Å². The Balaban J connectivity index is 2.52. The number of allylic oxidation sites excluding steroid dienone is 1. The summed E-state index contributed by atoms with van der Waals surface area (Å²) in [7, 11) is 0. The lowest BCUT2D eigenvalue weighted by Gasteiger charge is -2.03. The zero-order chi connectivity index (χ0) is 11.7. The number of hydrogen-bond acceptors (Lipinski definition) is 2. The number of halogens is 2. The zero-order valence-corrected chi connectivity index (χ0v) is 10.0. The minimum atomic E-state index is -0.324. The average Bonchev–Trinajstić information content (AvgIpc) is 2.64. The van der Waals surface area contributed by atoms with Crippen LogP contribution >= 0.6 is 23.2 Å². The number of nitrogens with zero attached hydrogens (tertiary/aromatic N) is 2. The Morgan fingerprint density at radius 2 is 1.94 bits per heavy atom. The first-order chi connectivity index (χ1) is 7.63. The van der Waals surface area contributed by atoms with Gasteiger partial charge in [-0.05, 0) is 24.1 Å². The van der Waals surface area contributed by atoms with Crippen molar-refractivity contribution in [3.05, 3.63) is 39.5 Å². The largest absolute Gasteiger partial charge is 0.297 e. The van der Waals surface area contributed by atoms with E-state index in [-0.39, 0.29) is 5.91 Å². The third-order valence-corrected chi connectivity index (χ3v) is 3.05. The molecule has 0 radical (unpaired) electrons. The van der Waals surface area contributed by atoms with Crippen LogP contribution in [-0.4, -0.2) is 5.91 Å². The first-order valence-electron chi connectivity index (χ1n) is 4.78. The fraction of sp³-hybridized carbons (Fsp3) is 0.182. The van der Waals surface area contributed by atoms with E-state index in [9.17, 15) is 4.79 Å². The summed E-state index contributed by atoms with van der Waals surface area (Å²) < 4.78 is 0. The SMILES string of the molecule is CCC1=C(c2ccc(Cl)c(Cl)c2)C(=O)N=N1. The standard InChI is InChI=1S/C11H8Cl2N2O/c1-2-9-10(11(16)15-14-9)6-3-4-7(12)8(13)5-6/h3-5H,2H2,1H3. The molecule has 1 aromatic carbocycles. The number of hydrogen-bond donors (Lipinski definition) is 0. The maximum atomic E-state index is 11.5. The van der Waals surface area contributed by atoms with Crippen LogP contribution in [0.25, 0.3) is 5.57 Å². The van der Waals surface area contributed by atoms with E-state index < -0.39 is 0 Å². The maximum absolute atomic E-state index is 11.5. The van der Waals surface area contributed by atoms with Gasteiger partial charge in [-0.1, -0.05) is 36.2 Å². The average molecular weight is 255 g/mol. The van der Waals surface area contributed by atoms with Gasteiger partial charge in [0, 0.05) is 0 Å². The van der Waals surface area contributed by atoms with E-state index in [1.807, 2.05) is 6.92 Å². The van der Waals surface area contributed by atoms with Gasteiger partial charge in [-0.3, -0.25) is 4.79 Å². The Morgan fingerprint density at radius 3 is 2.56 bits per heavy atom. The van der Waals surface area contributed by atoms with Crippen LogP contribution in [0.15, 0.2) is 34.1 Å². The molecule has 0 saturated heterocycles. The van der Waals surface area contributed by atoms with Crippen LogP contribution in [0, 0.1) is 0 Å². The van der Waals surface area contributed by atoms with Crippen LogP contribution in [0.1, 0.15) is 18.9 Å². The normalized spacial score (nSPS) is 15.1. The quantitative estimate of drug-likeness (QED) is 0.784. The van der Waals surface area contributed by atoms with Crippen LogP contribution < -0.4 is 0 Å². The van der Waals surface area contributed by atoms with Gasteiger partial charge in [0.15, 0.2) is 0 Å². The van der Waals surface area contributed by atoms with Crippen molar-refractivity contribution in [2.24, 2.45) is 10.2 Å². The summed E-state index contributed by atoms with van der Waals surface area (Å²) in [6.45, 7) is 1.92. The summed E-state index contributed by atoms with van der Waals surface area (Å²) in [6.07, 6.45) is 0.658. The fourth-order valence-corrected chi connectivity index (χ4v) is 1.82. The number of amides is 1. The van der Waals surface area contributed by atoms with Crippen molar-refractivity contribution in [2.75, 3.05) is 0 Å². The Hall–Kier alpha value is -1.19. The predicted molar refractivity (Wildman–Crippen MR) is 63.5 cm³/mol. The first-order valence-corrected chi connectivity index (χ1v) is 5.53. The molecule has 3 nitrogen and oxygen atoms in total. The number of carbonyl (C=O) groups excluding carboxylic acids is 1. The van der Waals surface area contributed by atoms with E-state index in [2.05, 4.69) is 10.2 Å². The molecule has 0 bridgehead atoms. The fourth-order valence-electron chi connectivity index (χ4n) is 1.52. The molecule has 0 N–H and O–H groups in total. The second kappa shape index (κ2) is 4.36. The Bertz CT molecular complexity index is 521. The Labute approximate surface area is 103 Å². The summed E-state index contributed by atoms with van der Waals surface area (Å²) in [5.74, 6) is -0.324. The van der Waals surface area contributed by atoms with Gasteiger partial charge in [-0.25, -0.2) is 0 Å². The van der Waals surface area contributed by atoms with Gasteiger partial charge < -0.3 is 0 Å². The lowest BCUT2D eigenvalue weighted by atomic mass is 10.0. The summed E-state index contributed by atoms with van der Waals surface area (Å²) >= 11 is 11.7. The van der Waals surface area contributed by atoms with Crippen molar-refractivity contribution < 1.29 is 4.79 Å². The summed E-state index contributed by atoms with van der Waals surface area (Å²) in [5, 5.41) is 8.24. The van der Waals surface area contributed by atoms with Gasteiger partial charge in [0.05, 0.1) is 21.3 Å². The minimum absolute atomic E-state index is 0.324. The third-order valence-electron chi connectivity index (χ3n) is 2.31. The van der Waals surface area contributed by atoms with E-state index in [4.69, 9.17) is 23.2 Å². The van der Waals surface area contributed by atoms with Crippen molar-refractivity contribution in [2.45, 2.75) is 13.3 Å². The molecule has 0 unspecified atom stereocenters. The van der Waals surface area contributed by atoms with Crippen LogP contribution in [0.4, 0.5) is 0 Å². The molecule has 0 saturated carbocycles. The molecule has 82 valence electrons. The van der Waals surface area contributed by atoms with Gasteiger partial charge in [0.25, 0.3) is 5.91 Å². The Kier molecular flexibility index (Phi) is 3.08. The molecule has 0 fully saturated rings. The van der Waals surface area contributed by atoms with E-state index in [0.29, 0.717) is 33.3 Å². The number of rotatable bonds is 2.